The van der Waals surface area contributed by atoms with Crippen LogP contribution in [-0.4, -0.2) is 21.1 Å². The van der Waals surface area contributed by atoms with Gasteiger partial charge in [0, 0.05) is 0 Å². The fourth-order valence-electron chi connectivity index (χ4n) is 1.70. The molecule has 2 heterocycles. The second-order valence-corrected chi connectivity index (χ2v) is 6.71. The molecule has 2 aromatic rings. The molecular weight excluding hydrogens is 328 g/mol. The van der Waals surface area contributed by atoms with E-state index >= 15 is 0 Å². The number of rotatable bonds is 4. The van der Waals surface area contributed by atoms with E-state index in [4.69, 9.17) is 0 Å². The summed E-state index contributed by atoms with van der Waals surface area (Å²) in [6.07, 6.45) is 2.40. The molecule has 0 atom stereocenters. The molecule has 7 heteroatoms. The van der Waals surface area contributed by atoms with Crippen molar-refractivity contribution in [3.05, 3.63) is 26.2 Å². The zero-order valence-electron chi connectivity index (χ0n) is 11.0. The molecule has 0 spiro atoms. The molecule has 0 aliphatic carbocycles. The SMILES string of the molecule is Cc1nc(CC(C)C)c(C(=O)Nc2[nH]ncc2Br)s1. The van der Waals surface area contributed by atoms with E-state index in [1.165, 1.54) is 11.3 Å². The Morgan fingerprint density at radius 1 is 1.58 bits per heavy atom. The number of thiazole rings is 1. The Labute approximate surface area is 124 Å². The van der Waals surface area contributed by atoms with E-state index in [0.717, 1.165) is 21.6 Å². The number of nitrogens with zero attached hydrogens (tertiary/aromatic N) is 2. The number of hydrogen-bond acceptors (Lipinski definition) is 4. The number of amides is 1. The highest BCUT2D eigenvalue weighted by molar-refractivity contribution is 9.10. The highest BCUT2D eigenvalue weighted by Crippen LogP contribution is 2.24. The molecule has 0 saturated heterocycles. The van der Waals surface area contributed by atoms with E-state index in [9.17, 15) is 4.79 Å². The maximum Gasteiger partial charge on any atom is 0.268 e. The molecule has 0 aromatic carbocycles. The van der Waals surface area contributed by atoms with Gasteiger partial charge in [0.1, 0.15) is 10.7 Å². The molecule has 2 rings (SSSR count). The predicted octanol–water partition coefficient (Wildman–Crippen LogP) is 3.39. The standard InChI is InChI=1S/C12H15BrN4OS/c1-6(2)4-9-10(19-7(3)15-9)12(18)16-11-8(13)5-14-17-11/h5-6H,4H2,1-3H3,(H2,14,16,17,18). The lowest BCUT2D eigenvalue weighted by molar-refractivity contribution is 0.102. The normalized spacial score (nSPS) is 11.0. The zero-order valence-corrected chi connectivity index (χ0v) is 13.4. The van der Waals surface area contributed by atoms with Crippen molar-refractivity contribution in [3.8, 4) is 0 Å². The number of hydrogen-bond donors (Lipinski definition) is 2. The third-order valence-corrected chi connectivity index (χ3v) is 4.06. The maximum atomic E-state index is 12.3. The lowest BCUT2D eigenvalue weighted by Crippen LogP contribution is -2.14. The van der Waals surface area contributed by atoms with Gasteiger partial charge in [-0.15, -0.1) is 11.3 Å². The first-order chi connectivity index (χ1) is 8.97. The highest BCUT2D eigenvalue weighted by Gasteiger charge is 2.18. The average molecular weight is 343 g/mol. The van der Waals surface area contributed by atoms with Crippen LogP contribution in [-0.2, 0) is 6.42 Å². The summed E-state index contributed by atoms with van der Waals surface area (Å²) in [6.45, 7) is 6.14. The molecular formula is C12H15BrN4OS. The summed E-state index contributed by atoms with van der Waals surface area (Å²) in [5.74, 6) is 0.879. The molecule has 0 aliphatic rings. The summed E-state index contributed by atoms with van der Waals surface area (Å²) < 4.78 is 0.729. The van der Waals surface area contributed by atoms with E-state index < -0.39 is 0 Å². The third kappa shape index (κ3) is 3.42. The van der Waals surface area contributed by atoms with Crippen molar-refractivity contribution >= 4 is 39.0 Å². The van der Waals surface area contributed by atoms with Crippen LogP contribution in [0.4, 0.5) is 5.82 Å². The predicted molar refractivity (Wildman–Crippen MR) is 79.6 cm³/mol. The summed E-state index contributed by atoms with van der Waals surface area (Å²) in [6, 6.07) is 0. The number of aromatic nitrogens is 3. The van der Waals surface area contributed by atoms with Crippen LogP contribution >= 0.6 is 27.3 Å². The molecule has 0 saturated carbocycles. The van der Waals surface area contributed by atoms with Gasteiger partial charge in [0.15, 0.2) is 0 Å². The van der Waals surface area contributed by atoms with Gasteiger partial charge >= 0.3 is 0 Å². The average Bonchev–Trinajstić information content (AvgIpc) is 2.85. The number of aryl methyl sites for hydroxylation is 1. The van der Waals surface area contributed by atoms with Crippen molar-refractivity contribution < 1.29 is 4.79 Å². The highest BCUT2D eigenvalue weighted by atomic mass is 79.9. The smallest absolute Gasteiger partial charge is 0.268 e. The van der Waals surface area contributed by atoms with Gasteiger partial charge in [-0.3, -0.25) is 9.89 Å². The Kier molecular flexibility index (Phi) is 4.36. The summed E-state index contributed by atoms with van der Waals surface area (Å²) >= 11 is 4.73. The molecule has 1 amide bonds. The van der Waals surface area contributed by atoms with Crippen molar-refractivity contribution in [2.75, 3.05) is 5.32 Å². The van der Waals surface area contributed by atoms with Crippen molar-refractivity contribution in [1.82, 2.24) is 15.2 Å². The van der Waals surface area contributed by atoms with Crippen LogP contribution < -0.4 is 5.32 Å². The maximum absolute atomic E-state index is 12.3. The van der Waals surface area contributed by atoms with E-state index in [1.54, 1.807) is 6.20 Å². The number of carbonyl (C=O) groups is 1. The fraction of sp³-hybridized carbons (Fsp3) is 0.417. The quantitative estimate of drug-likeness (QED) is 0.894. The largest absolute Gasteiger partial charge is 0.305 e. The third-order valence-electron chi connectivity index (χ3n) is 2.44. The summed E-state index contributed by atoms with van der Waals surface area (Å²) in [5, 5.41) is 10.3. The van der Waals surface area contributed by atoms with E-state index in [1.807, 2.05) is 6.92 Å². The monoisotopic (exact) mass is 342 g/mol. The van der Waals surface area contributed by atoms with Gasteiger partial charge in [0.25, 0.3) is 5.91 Å². The molecule has 0 bridgehead atoms. The number of H-pyrrole nitrogens is 1. The summed E-state index contributed by atoms with van der Waals surface area (Å²) in [4.78, 5) is 17.4. The Balaban J connectivity index is 2.21. The Bertz CT molecular complexity index is 590. The van der Waals surface area contributed by atoms with Crippen LogP contribution in [0.25, 0.3) is 0 Å². The number of halogens is 1. The number of anilines is 1. The molecule has 5 nitrogen and oxygen atoms in total. The lowest BCUT2D eigenvalue weighted by atomic mass is 10.1. The lowest BCUT2D eigenvalue weighted by Gasteiger charge is -2.05. The minimum Gasteiger partial charge on any atom is -0.305 e. The van der Waals surface area contributed by atoms with E-state index in [-0.39, 0.29) is 5.91 Å². The number of carbonyl (C=O) groups excluding carboxylic acids is 1. The first-order valence-electron chi connectivity index (χ1n) is 5.94. The topological polar surface area (TPSA) is 70.7 Å². The molecule has 102 valence electrons. The molecule has 2 N–H and O–H groups in total. The van der Waals surface area contributed by atoms with E-state index in [2.05, 4.69) is 50.3 Å². The van der Waals surface area contributed by atoms with Gasteiger partial charge in [0.05, 0.1) is 21.4 Å². The van der Waals surface area contributed by atoms with Crippen molar-refractivity contribution in [1.29, 1.82) is 0 Å². The van der Waals surface area contributed by atoms with Crippen LogP contribution in [0.5, 0.6) is 0 Å². The van der Waals surface area contributed by atoms with Gasteiger partial charge in [-0.05, 0) is 35.2 Å². The fourth-order valence-corrected chi connectivity index (χ4v) is 2.83. The van der Waals surface area contributed by atoms with E-state index in [0.29, 0.717) is 16.6 Å². The Morgan fingerprint density at radius 2 is 2.32 bits per heavy atom. The van der Waals surface area contributed by atoms with Crippen molar-refractivity contribution in [3.63, 3.8) is 0 Å². The zero-order chi connectivity index (χ0) is 14.0. The van der Waals surface area contributed by atoms with Gasteiger partial charge in [0.2, 0.25) is 0 Å². The van der Waals surface area contributed by atoms with Crippen LogP contribution in [0.15, 0.2) is 10.7 Å². The van der Waals surface area contributed by atoms with Gasteiger partial charge < -0.3 is 5.32 Å². The van der Waals surface area contributed by atoms with Gasteiger partial charge in [-0.1, -0.05) is 13.8 Å². The van der Waals surface area contributed by atoms with Crippen LogP contribution in [0.2, 0.25) is 0 Å². The molecule has 19 heavy (non-hydrogen) atoms. The molecule has 2 aromatic heterocycles. The van der Waals surface area contributed by atoms with Gasteiger partial charge in [-0.25, -0.2) is 4.98 Å². The van der Waals surface area contributed by atoms with Crippen molar-refractivity contribution in [2.45, 2.75) is 27.2 Å². The number of nitrogens with one attached hydrogen (secondary N) is 2. The first kappa shape index (κ1) is 14.2. The molecule has 0 aliphatic heterocycles. The molecule has 0 fully saturated rings. The minimum absolute atomic E-state index is 0.147. The van der Waals surface area contributed by atoms with Crippen LogP contribution in [0.1, 0.15) is 34.2 Å². The Morgan fingerprint density at radius 3 is 2.89 bits per heavy atom. The molecule has 0 radical (unpaired) electrons. The minimum atomic E-state index is -0.147. The summed E-state index contributed by atoms with van der Waals surface area (Å²) in [5.41, 5.74) is 0.866. The summed E-state index contributed by atoms with van der Waals surface area (Å²) in [7, 11) is 0. The second-order valence-electron chi connectivity index (χ2n) is 4.65. The van der Waals surface area contributed by atoms with Crippen LogP contribution in [0.3, 0.4) is 0 Å². The second kappa shape index (κ2) is 5.83. The number of aromatic amines is 1. The van der Waals surface area contributed by atoms with Crippen molar-refractivity contribution in [2.24, 2.45) is 5.92 Å². The molecule has 0 unspecified atom stereocenters. The van der Waals surface area contributed by atoms with Crippen LogP contribution in [0, 0.1) is 12.8 Å². The Hall–Kier alpha value is -1.21. The van der Waals surface area contributed by atoms with Gasteiger partial charge in [-0.2, -0.15) is 5.10 Å². The first-order valence-corrected chi connectivity index (χ1v) is 7.55.